The molecule has 0 radical (unpaired) electrons. The molecular weight excluding hydrogens is 176 g/mol. The van der Waals surface area contributed by atoms with Crippen LogP contribution in [-0.4, -0.2) is 11.5 Å². The molecule has 0 aromatic rings. The first-order valence-electron chi connectivity index (χ1n) is 4.64. The van der Waals surface area contributed by atoms with Crippen LogP contribution in [0.15, 0.2) is 36.0 Å². The van der Waals surface area contributed by atoms with Crippen LogP contribution in [0.1, 0.15) is 20.8 Å². The summed E-state index contributed by atoms with van der Waals surface area (Å²) in [4.78, 5) is 0. The zero-order valence-corrected chi connectivity index (χ0v) is 9.69. The highest BCUT2D eigenvalue weighted by Crippen LogP contribution is 2.28. The molecular formula is C12H18S. The van der Waals surface area contributed by atoms with Crippen LogP contribution < -0.4 is 0 Å². The van der Waals surface area contributed by atoms with Crippen molar-refractivity contribution < 1.29 is 0 Å². The van der Waals surface area contributed by atoms with E-state index in [2.05, 4.69) is 57.4 Å². The van der Waals surface area contributed by atoms with Crippen molar-refractivity contribution in [3.05, 3.63) is 36.0 Å². The summed E-state index contributed by atoms with van der Waals surface area (Å²) in [5.41, 5.74) is 1.66. The highest BCUT2D eigenvalue weighted by Gasteiger charge is 2.14. The average Bonchev–Trinajstić information content (AvgIpc) is 2.26. The van der Waals surface area contributed by atoms with E-state index < -0.39 is 0 Å². The molecule has 0 N–H and O–H groups in total. The Morgan fingerprint density at radius 3 is 2.46 bits per heavy atom. The molecule has 0 amide bonds. The van der Waals surface area contributed by atoms with Crippen molar-refractivity contribution in [3.8, 4) is 0 Å². The van der Waals surface area contributed by atoms with E-state index in [1.807, 2.05) is 11.8 Å². The number of allylic oxidation sites excluding steroid dienone is 4. The fraction of sp³-hybridized carbons (Fsp3) is 0.500. The third-order valence-corrected chi connectivity index (χ3v) is 3.04. The Morgan fingerprint density at radius 2 is 1.92 bits per heavy atom. The van der Waals surface area contributed by atoms with E-state index in [1.165, 1.54) is 5.57 Å². The molecule has 0 nitrogen and oxygen atoms in total. The van der Waals surface area contributed by atoms with Crippen LogP contribution in [0, 0.1) is 5.41 Å². The molecule has 72 valence electrons. The van der Waals surface area contributed by atoms with Crippen LogP contribution in [0.2, 0.25) is 0 Å². The predicted octanol–water partition coefficient (Wildman–Crippen LogP) is 3.82. The minimum atomic E-state index is 0.258. The summed E-state index contributed by atoms with van der Waals surface area (Å²) < 4.78 is 0. The normalized spacial score (nSPS) is 22.8. The fourth-order valence-corrected chi connectivity index (χ4v) is 1.73. The minimum absolute atomic E-state index is 0.258. The third kappa shape index (κ3) is 3.07. The molecule has 1 heteroatoms. The van der Waals surface area contributed by atoms with Gasteiger partial charge >= 0.3 is 0 Å². The lowest BCUT2D eigenvalue weighted by Gasteiger charge is -2.19. The van der Waals surface area contributed by atoms with Crippen molar-refractivity contribution >= 4 is 11.8 Å². The van der Waals surface area contributed by atoms with Crippen molar-refractivity contribution in [3.63, 3.8) is 0 Å². The first-order chi connectivity index (χ1) is 6.04. The molecule has 0 aliphatic heterocycles. The maximum absolute atomic E-state index is 2.27. The molecule has 0 aromatic heterocycles. The molecule has 0 bridgehead atoms. The van der Waals surface area contributed by atoms with E-state index in [0.29, 0.717) is 5.25 Å². The molecule has 1 atom stereocenters. The Labute approximate surface area is 85.8 Å². The van der Waals surface area contributed by atoms with Gasteiger partial charge in [-0.15, -0.1) is 0 Å². The van der Waals surface area contributed by atoms with E-state index >= 15 is 0 Å². The second-order valence-electron chi connectivity index (χ2n) is 4.32. The molecule has 0 fully saturated rings. The van der Waals surface area contributed by atoms with Crippen LogP contribution in [0.25, 0.3) is 0 Å². The summed E-state index contributed by atoms with van der Waals surface area (Å²) in [7, 11) is 0. The van der Waals surface area contributed by atoms with Gasteiger partial charge in [0.05, 0.1) is 0 Å². The lowest BCUT2D eigenvalue weighted by molar-refractivity contribution is 0.517. The number of rotatable bonds is 1. The topological polar surface area (TPSA) is 0 Å². The Kier molecular flexibility index (Phi) is 3.43. The van der Waals surface area contributed by atoms with Crippen molar-refractivity contribution in [2.24, 2.45) is 5.41 Å². The zero-order chi connectivity index (χ0) is 9.90. The summed E-state index contributed by atoms with van der Waals surface area (Å²) >= 11 is 1.86. The minimum Gasteiger partial charge on any atom is -0.154 e. The maximum Gasteiger partial charge on any atom is 0.0410 e. The highest BCUT2D eigenvalue weighted by molar-refractivity contribution is 7.99. The van der Waals surface area contributed by atoms with Crippen molar-refractivity contribution in [2.75, 3.05) is 6.26 Å². The van der Waals surface area contributed by atoms with E-state index in [4.69, 9.17) is 0 Å². The van der Waals surface area contributed by atoms with E-state index in [-0.39, 0.29) is 5.41 Å². The van der Waals surface area contributed by atoms with Gasteiger partial charge in [-0.25, -0.2) is 0 Å². The van der Waals surface area contributed by atoms with Gasteiger partial charge in [0, 0.05) is 5.25 Å². The molecule has 1 aliphatic rings. The van der Waals surface area contributed by atoms with Crippen molar-refractivity contribution in [2.45, 2.75) is 26.0 Å². The second-order valence-corrected chi connectivity index (χ2v) is 5.33. The van der Waals surface area contributed by atoms with E-state index in [1.54, 1.807) is 0 Å². The first kappa shape index (κ1) is 10.6. The molecule has 0 saturated carbocycles. The molecule has 1 unspecified atom stereocenters. The predicted molar refractivity (Wildman–Crippen MR) is 63.1 cm³/mol. The molecule has 1 rings (SSSR count). The standard InChI is InChI=1S/C12H18S/c1-12(2,3)10-6-5-7-11(13-4)9-8-10/h5-9,11H,1-4H3. The van der Waals surface area contributed by atoms with Crippen LogP contribution in [-0.2, 0) is 0 Å². The Balaban J connectivity index is 2.82. The van der Waals surface area contributed by atoms with Crippen molar-refractivity contribution in [1.29, 1.82) is 0 Å². The SMILES string of the molecule is CSC1C=CC=C(C(C)(C)C)C=C1. The molecule has 0 heterocycles. The van der Waals surface area contributed by atoms with Crippen LogP contribution in [0.3, 0.4) is 0 Å². The van der Waals surface area contributed by atoms with Gasteiger partial charge in [0.25, 0.3) is 0 Å². The van der Waals surface area contributed by atoms with Gasteiger partial charge < -0.3 is 0 Å². The summed E-state index contributed by atoms with van der Waals surface area (Å²) in [6, 6.07) is 0. The largest absolute Gasteiger partial charge is 0.154 e. The van der Waals surface area contributed by atoms with Gasteiger partial charge in [0.1, 0.15) is 0 Å². The lowest BCUT2D eigenvalue weighted by Crippen LogP contribution is -2.07. The molecule has 0 saturated heterocycles. The monoisotopic (exact) mass is 194 g/mol. The second kappa shape index (κ2) is 4.19. The van der Waals surface area contributed by atoms with Gasteiger partial charge in [-0.1, -0.05) is 51.2 Å². The molecule has 0 aromatic carbocycles. The van der Waals surface area contributed by atoms with Gasteiger partial charge in [-0.3, -0.25) is 0 Å². The van der Waals surface area contributed by atoms with Crippen LogP contribution in [0.4, 0.5) is 0 Å². The number of hydrogen-bond donors (Lipinski definition) is 0. The quantitative estimate of drug-likeness (QED) is 0.611. The smallest absolute Gasteiger partial charge is 0.0410 e. The van der Waals surface area contributed by atoms with Gasteiger partial charge in [0.2, 0.25) is 0 Å². The van der Waals surface area contributed by atoms with Crippen LogP contribution in [0.5, 0.6) is 0 Å². The highest BCUT2D eigenvalue weighted by atomic mass is 32.2. The maximum atomic E-state index is 2.27. The Bertz CT molecular complexity index is 251. The van der Waals surface area contributed by atoms with Crippen molar-refractivity contribution in [1.82, 2.24) is 0 Å². The van der Waals surface area contributed by atoms with Crippen LogP contribution >= 0.6 is 11.8 Å². The molecule has 0 spiro atoms. The summed E-state index contributed by atoms with van der Waals surface area (Å²) in [5.74, 6) is 0. The zero-order valence-electron chi connectivity index (χ0n) is 8.87. The summed E-state index contributed by atoms with van der Waals surface area (Å²) in [5, 5.41) is 0.538. The number of thioether (sulfide) groups is 1. The average molecular weight is 194 g/mol. The van der Waals surface area contributed by atoms with Gasteiger partial charge in [0.15, 0.2) is 0 Å². The molecule has 1 aliphatic carbocycles. The van der Waals surface area contributed by atoms with Gasteiger partial charge in [-0.05, 0) is 17.2 Å². The van der Waals surface area contributed by atoms with E-state index in [0.717, 1.165) is 0 Å². The summed E-state index contributed by atoms with van der Waals surface area (Å²) in [6.07, 6.45) is 13.3. The lowest BCUT2D eigenvalue weighted by atomic mass is 9.86. The summed E-state index contributed by atoms with van der Waals surface area (Å²) in [6.45, 7) is 6.74. The fourth-order valence-electron chi connectivity index (χ4n) is 1.24. The Morgan fingerprint density at radius 1 is 1.23 bits per heavy atom. The van der Waals surface area contributed by atoms with Gasteiger partial charge in [-0.2, -0.15) is 11.8 Å². The van der Waals surface area contributed by atoms with E-state index in [9.17, 15) is 0 Å². The Hall–Kier alpha value is -0.430. The molecule has 13 heavy (non-hydrogen) atoms. The third-order valence-electron chi connectivity index (χ3n) is 2.18. The first-order valence-corrected chi connectivity index (χ1v) is 5.93. The number of hydrogen-bond acceptors (Lipinski definition) is 1.